The van der Waals surface area contributed by atoms with Crippen molar-refractivity contribution < 1.29 is 9.53 Å². The number of carbonyl (C=O) groups is 1. The summed E-state index contributed by atoms with van der Waals surface area (Å²) in [5.41, 5.74) is 0. The number of H-pyrrole nitrogens is 1. The molecule has 0 bridgehead atoms. The lowest BCUT2D eigenvalue weighted by Gasteiger charge is -2.18. The largest absolute Gasteiger partial charge is 0.376 e. The van der Waals surface area contributed by atoms with Gasteiger partial charge in [0.2, 0.25) is 5.82 Å². The van der Waals surface area contributed by atoms with Gasteiger partial charge in [-0.25, -0.2) is 4.98 Å². The van der Waals surface area contributed by atoms with Crippen LogP contribution in [0.2, 0.25) is 0 Å². The van der Waals surface area contributed by atoms with Crippen molar-refractivity contribution in [2.24, 2.45) is 0 Å². The van der Waals surface area contributed by atoms with Crippen molar-refractivity contribution in [3.63, 3.8) is 0 Å². The van der Waals surface area contributed by atoms with Gasteiger partial charge in [0.15, 0.2) is 0 Å². The molecular formula is C11H18N4O2. The van der Waals surface area contributed by atoms with E-state index in [1.165, 1.54) is 0 Å². The Morgan fingerprint density at radius 3 is 3.12 bits per heavy atom. The van der Waals surface area contributed by atoms with Gasteiger partial charge in [0.25, 0.3) is 5.91 Å². The molecular weight excluding hydrogens is 220 g/mol. The molecule has 2 N–H and O–H groups in total. The van der Waals surface area contributed by atoms with Gasteiger partial charge in [-0.15, -0.1) is 5.10 Å². The van der Waals surface area contributed by atoms with Crippen molar-refractivity contribution in [2.75, 3.05) is 6.61 Å². The molecule has 0 aliphatic carbocycles. The highest BCUT2D eigenvalue weighted by Gasteiger charge is 2.25. The molecule has 2 atom stereocenters. The van der Waals surface area contributed by atoms with Crippen molar-refractivity contribution in [3.05, 3.63) is 11.6 Å². The Kier molecular flexibility index (Phi) is 3.73. The standard InChI is InChI=1S/C11H18N4O2/c1-3-9-13-10(15-14-9)11(16)12-7(2)8-5-4-6-17-8/h7-8H,3-6H2,1-2H3,(H,12,16)(H,13,14,15). The number of aromatic nitrogens is 3. The summed E-state index contributed by atoms with van der Waals surface area (Å²) in [5, 5.41) is 9.47. The Bertz CT molecular complexity index is 385. The highest BCUT2D eigenvalue weighted by Crippen LogP contribution is 2.15. The van der Waals surface area contributed by atoms with Gasteiger partial charge in [0.1, 0.15) is 5.82 Å². The summed E-state index contributed by atoms with van der Waals surface area (Å²) < 4.78 is 5.51. The smallest absolute Gasteiger partial charge is 0.291 e. The zero-order valence-corrected chi connectivity index (χ0v) is 10.2. The van der Waals surface area contributed by atoms with Crippen LogP contribution < -0.4 is 5.32 Å². The Balaban J connectivity index is 1.91. The maximum Gasteiger partial charge on any atom is 0.291 e. The zero-order valence-electron chi connectivity index (χ0n) is 10.2. The highest BCUT2D eigenvalue weighted by atomic mass is 16.5. The van der Waals surface area contributed by atoms with Gasteiger partial charge in [-0.1, -0.05) is 6.92 Å². The third-order valence-corrected chi connectivity index (χ3v) is 2.95. The molecule has 1 aliphatic heterocycles. The number of hydrogen-bond acceptors (Lipinski definition) is 4. The molecule has 1 amide bonds. The number of ether oxygens (including phenoxy) is 1. The van der Waals surface area contributed by atoms with E-state index in [1.807, 2.05) is 13.8 Å². The summed E-state index contributed by atoms with van der Waals surface area (Å²) in [4.78, 5) is 15.9. The molecule has 94 valence electrons. The van der Waals surface area contributed by atoms with E-state index in [1.54, 1.807) is 0 Å². The second-order valence-electron chi connectivity index (χ2n) is 4.27. The molecule has 6 nitrogen and oxygen atoms in total. The van der Waals surface area contributed by atoms with Crippen LogP contribution in [-0.4, -0.2) is 39.8 Å². The van der Waals surface area contributed by atoms with E-state index in [-0.39, 0.29) is 23.9 Å². The average Bonchev–Trinajstić information content (AvgIpc) is 3.00. The minimum absolute atomic E-state index is 0.00595. The molecule has 6 heteroatoms. The van der Waals surface area contributed by atoms with Crippen molar-refractivity contribution in [2.45, 2.75) is 45.3 Å². The predicted octanol–water partition coefficient (Wildman–Crippen LogP) is 0.664. The zero-order chi connectivity index (χ0) is 12.3. The number of nitrogens with one attached hydrogen (secondary N) is 2. The monoisotopic (exact) mass is 238 g/mol. The lowest BCUT2D eigenvalue weighted by molar-refractivity contribution is 0.0706. The van der Waals surface area contributed by atoms with E-state index < -0.39 is 0 Å². The molecule has 0 spiro atoms. The Morgan fingerprint density at radius 1 is 1.71 bits per heavy atom. The average molecular weight is 238 g/mol. The van der Waals surface area contributed by atoms with Gasteiger partial charge in [-0.05, 0) is 19.8 Å². The maximum absolute atomic E-state index is 11.8. The summed E-state index contributed by atoms with van der Waals surface area (Å²) in [5.74, 6) is 0.676. The first-order chi connectivity index (χ1) is 8.20. The molecule has 17 heavy (non-hydrogen) atoms. The van der Waals surface area contributed by atoms with Gasteiger partial charge >= 0.3 is 0 Å². The first-order valence-corrected chi connectivity index (χ1v) is 6.04. The minimum atomic E-state index is -0.246. The first kappa shape index (κ1) is 12.0. The second-order valence-corrected chi connectivity index (χ2v) is 4.27. The third-order valence-electron chi connectivity index (χ3n) is 2.95. The molecule has 1 aromatic rings. The third kappa shape index (κ3) is 2.82. The number of aryl methyl sites for hydroxylation is 1. The fraction of sp³-hybridized carbons (Fsp3) is 0.727. The van der Waals surface area contributed by atoms with E-state index in [4.69, 9.17) is 4.74 Å². The van der Waals surface area contributed by atoms with E-state index in [0.29, 0.717) is 0 Å². The van der Waals surface area contributed by atoms with E-state index in [9.17, 15) is 4.79 Å². The van der Waals surface area contributed by atoms with Gasteiger partial charge < -0.3 is 10.1 Å². The van der Waals surface area contributed by atoms with Crippen molar-refractivity contribution in [1.29, 1.82) is 0 Å². The van der Waals surface area contributed by atoms with Crippen LogP contribution in [0.25, 0.3) is 0 Å². The van der Waals surface area contributed by atoms with Crippen molar-refractivity contribution >= 4 is 5.91 Å². The number of aromatic amines is 1. The fourth-order valence-corrected chi connectivity index (χ4v) is 1.92. The van der Waals surface area contributed by atoms with Crippen LogP contribution in [-0.2, 0) is 11.2 Å². The van der Waals surface area contributed by atoms with Crippen molar-refractivity contribution in [1.82, 2.24) is 20.5 Å². The summed E-state index contributed by atoms with van der Waals surface area (Å²) in [7, 11) is 0. The van der Waals surface area contributed by atoms with Crippen LogP contribution in [0, 0.1) is 0 Å². The molecule has 0 saturated carbocycles. The Hall–Kier alpha value is -1.43. The predicted molar refractivity (Wildman–Crippen MR) is 61.7 cm³/mol. The van der Waals surface area contributed by atoms with E-state index >= 15 is 0 Å². The molecule has 1 fully saturated rings. The second kappa shape index (κ2) is 5.27. The molecule has 2 rings (SSSR count). The van der Waals surface area contributed by atoms with E-state index in [0.717, 1.165) is 31.7 Å². The quantitative estimate of drug-likeness (QED) is 0.807. The van der Waals surface area contributed by atoms with Crippen LogP contribution in [0.5, 0.6) is 0 Å². The molecule has 1 aliphatic rings. The van der Waals surface area contributed by atoms with Gasteiger partial charge in [0.05, 0.1) is 12.1 Å². The van der Waals surface area contributed by atoms with Gasteiger partial charge in [-0.2, -0.15) is 0 Å². The molecule has 0 aromatic carbocycles. The number of nitrogens with zero attached hydrogens (tertiary/aromatic N) is 2. The molecule has 2 unspecified atom stereocenters. The molecule has 2 heterocycles. The topological polar surface area (TPSA) is 79.9 Å². The summed E-state index contributed by atoms with van der Waals surface area (Å²) in [6.45, 7) is 4.68. The van der Waals surface area contributed by atoms with Crippen LogP contribution in [0.1, 0.15) is 43.1 Å². The Morgan fingerprint density at radius 2 is 2.53 bits per heavy atom. The molecule has 1 aromatic heterocycles. The summed E-state index contributed by atoms with van der Waals surface area (Å²) in [6, 6.07) is -0.00595. The number of amides is 1. The molecule has 1 saturated heterocycles. The van der Waals surface area contributed by atoms with Crippen LogP contribution >= 0.6 is 0 Å². The van der Waals surface area contributed by atoms with Gasteiger partial charge in [-0.3, -0.25) is 9.89 Å². The molecule has 0 radical (unpaired) electrons. The first-order valence-electron chi connectivity index (χ1n) is 6.04. The lowest BCUT2D eigenvalue weighted by Crippen LogP contribution is -2.41. The van der Waals surface area contributed by atoms with E-state index in [2.05, 4.69) is 20.5 Å². The van der Waals surface area contributed by atoms with Crippen molar-refractivity contribution in [3.8, 4) is 0 Å². The normalized spacial score (nSPS) is 21.4. The minimum Gasteiger partial charge on any atom is -0.376 e. The maximum atomic E-state index is 11.8. The SMILES string of the molecule is CCc1nc(C(=O)NC(C)C2CCCO2)n[nH]1. The number of hydrogen-bond donors (Lipinski definition) is 2. The van der Waals surface area contributed by atoms with Crippen LogP contribution in [0.4, 0.5) is 0 Å². The van der Waals surface area contributed by atoms with Crippen LogP contribution in [0.15, 0.2) is 0 Å². The van der Waals surface area contributed by atoms with Gasteiger partial charge in [0, 0.05) is 13.0 Å². The summed E-state index contributed by atoms with van der Waals surface area (Å²) in [6.07, 6.45) is 2.91. The lowest BCUT2D eigenvalue weighted by atomic mass is 10.1. The van der Waals surface area contributed by atoms with Crippen LogP contribution in [0.3, 0.4) is 0 Å². The fourth-order valence-electron chi connectivity index (χ4n) is 1.92. The highest BCUT2D eigenvalue weighted by molar-refractivity contribution is 5.90. The Labute approximate surface area is 100 Å². The number of rotatable bonds is 4. The number of carbonyl (C=O) groups excluding carboxylic acids is 1. The summed E-state index contributed by atoms with van der Waals surface area (Å²) >= 11 is 0.